The highest BCUT2D eigenvalue weighted by Gasteiger charge is 2.20. The van der Waals surface area contributed by atoms with Crippen molar-refractivity contribution in [3.8, 4) is 0 Å². The zero-order valence-electron chi connectivity index (χ0n) is 9.45. The van der Waals surface area contributed by atoms with Crippen LogP contribution in [-0.2, 0) is 0 Å². The van der Waals surface area contributed by atoms with Crippen molar-refractivity contribution in [2.75, 3.05) is 11.6 Å². The number of halogens is 1. The highest BCUT2D eigenvalue weighted by molar-refractivity contribution is 7.99. The second-order valence-corrected chi connectivity index (χ2v) is 5.76. The summed E-state index contributed by atoms with van der Waals surface area (Å²) in [6.07, 6.45) is 9.15. The van der Waals surface area contributed by atoms with Crippen molar-refractivity contribution in [1.82, 2.24) is 4.98 Å². The Morgan fingerprint density at radius 2 is 2.38 bits per heavy atom. The third-order valence-corrected chi connectivity index (χ3v) is 4.36. The van der Waals surface area contributed by atoms with Gasteiger partial charge >= 0.3 is 0 Å². The fourth-order valence-corrected chi connectivity index (χ4v) is 3.22. The van der Waals surface area contributed by atoms with Crippen LogP contribution >= 0.6 is 23.4 Å². The standard InChI is InChI=1S/C12H17ClN2S/c1-16-11-4-2-3-9(7-11)15-10-5-6-14-12(13)8-10/h5-6,8-9,11H,2-4,7H2,1H3,(H,14,15). The summed E-state index contributed by atoms with van der Waals surface area (Å²) in [5.74, 6) is 0. The molecule has 0 aromatic carbocycles. The fraction of sp³-hybridized carbons (Fsp3) is 0.583. The van der Waals surface area contributed by atoms with Gasteiger partial charge in [-0.15, -0.1) is 0 Å². The number of hydrogen-bond acceptors (Lipinski definition) is 3. The van der Waals surface area contributed by atoms with Gasteiger partial charge in [0.15, 0.2) is 0 Å². The molecule has 1 N–H and O–H groups in total. The van der Waals surface area contributed by atoms with Crippen LogP contribution in [0, 0.1) is 0 Å². The first-order valence-corrected chi connectivity index (χ1v) is 7.35. The zero-order valence-corrected chi connectivity index (χ0v) is 11.0. The first kappa shape index (κ1) is 12.1. The van der Waals surface area contributed by atoms with Crippen LogP contribution in [0.2, 0.25) is 5.15 Å². The lowest BCUT2D eigenvalue weighted by Crippen LogP contribution is -2.28. The van der Waals surface area contributed by atoms with Gasteiger partial charge in [-0.2, -0.15) is 11.8 Å². The largest absolute Gasteiger partial charge is 0.382 e. The fourth-order valence-electron chi connectivity index (χ4n) is 2.22. The maximum Gasteiger partial charge on any atom is 0.131 e. The van der Waals surface area contributed by atoms with E-state index in [1.54, 1.807) is 6.20 Å². The number of pyridine rings is 1. The summed E-state index contributed by atoms with van der Waals surface area (Å²) in [6, 6.07) is 4.46. The topological polar surface area (TPSA) is 24.9 Å². The van der Waals surface area contributed by atoms with Gasteiger partial charge in [0, 0.05) is 23.2 Å². The predicted octanol–water partition coefficient (Wildman–Crippen LogP) is 3.82. The van der Waals surface area contributed by atoms with Crippen LogP contribution in [0.4, 0.5) is 5.69 Å². The molecule has 16 heavy (non-hydrogen) atoms. The van der Waals surface area contributed by atoms with Crippen molar-refractivity contribution in [2.45, 2.75) is 37.0 Å². The number of hydrogen-bond donors (Lipinski definition) is 1. The third-order valence-electron chi connectivity index (χ3n) is 3.06. The van der Waals surface area contributed by atoms with E-state index in [9.17, 15) is 0 Å². The highest BCUT2D eigenvalue weighted by atomic mass is 35.5. The Bertz CT molecular complexity index is 346. The summed E-state index contributed by atoms with van der Waals surface area (Å²) in [6.45, 7) is 0. The predicted molar refractivity (Wildman–Crippen MR) is 72.4 cm³/mol. The van der Waals surface area contributed by atoms with Crippen LogP contribution in [0.15, 0.2) is 18.3 Å². The molecule has 2 unspecified atom stereocenters. The molecular formula is C12H17ClN2S. The zero-order chi connectivity index (χ0) is 11.4. The Labute approximate surface area is 106 Å². The van der Waals surface area contributed by atoms with E-state index in [-0.39, 0.29) is 0 Å². The van der Waals surface area contributed by atoms with E-state index in [1.165, 1.54) is 25.7 Å². The molecule has 0 bridgehead atoms. The average molecular weight is 257 g/mol. The minimum absolute atomic E-state index is 0.558. The van der Waals surface area contributed by atoms with Crippen molar-refractivity contribution in [2.24, 2.45) is 0 Å². The van der Waals surface area contributed by atoms with E-state index in [0.717, 1.165) is 10.9 Å². The molecule has 4 heteroatoms. The number of thioether (sulfide) groups is 1. The number of aromatic nitrogens is 1. The van der Waals surface area contributed by atoms with Crippen molar-refractivity contribution in [3.63, 3.8) is 0 Å². The van der Waals surface area contributed by atoms with Crippen LogP contribution in [-0.4, -0.2) is 22.5 Å². The van der Waals surface area contributed by atoms with Crippen molar-refractivity contribution in [3.05, 3.63) is 23.5 Å². The molecule has 1 aromatic rings. The van der Waals surface area contributed by atoms with Gasteiger partial charge in [0.2, 0.25) is 0 Å². The number of rotatable bonds is 3. The van der Waals surface area contributed by atoms with Gasteiger partial charge in [0.1, 0.15) is 5.15 Å². The Kier molecular flexibility index (Phi) is 4.36. The van der Waals surface area contributed by atoms with Gasteiger partial charge < -0.3 is 5.32 Å². The minimum Gasteiger partial charge on any atom is -0.382 e. The Morgan fingerprint density at radius 1 is 1.50 bits per heavy atom. The normalized spacial score (nSPS) is 25.4. The smallest absolute Gasteiger partial charge is 0.131 e. The monoisotopic (exact) mass is 256 g/mol. The molecule has 0 saturated heterocycles. The summed E-state index contributed by atoms with van der Waals surface area (Å²) in [5, 5.41) is 4.91. The maximum absolute atomic E-state index is 5.86. The second kappa shape index (κ2) is 5.78. The SMILES string of the molecule is CSC1CCCC(Nc2ccnc(Cl)c2)C1. The number of nitrogens with zero attached hydrogens (tertiary/aromatic N) is 1. The molecule has 1 aromatic heterocycles. The molecule has 88 valence electrons. The van der Waals surface area contributed by atoms with Gasteiger partial charge in [0.25, 0.3) is 0 Å². The molecule has 2 rings (SSSR count). The van der Waals surface area contributed by atoms with Crippen molar-refractivity contribution in [1.29, 1.82) is 0 Å². The first-order chi connectivity index (χ1) is 7.78. The summed E-state index contributed by atoms with van der Waals surface area (Å²) in [5.41, 5.74) is 1.09. The minimum atomic E-state index is 0.558. The Hall–Kier alpha value is -0.410. The van der Waals surface area contributed by atoms with Crippen molar-refractivity contribution < 1.29 is 0 Å². The first-order valence-electron chi connectivity index (χ1n) is 5.69. The van der Waals surface area contributed by atoms with Crippen LogP contribution in [0.3, 0.4) is 0 Å². The molecule has 0 amide bonds. The molecule has 2 atom stereocenters. The maximum atomic E-state index is 5.86. The summed E-state index contributed by atoms with van der Waals surface area (Å²) < 4.78 is 0. The van der Waals surface area contributed by atoms with Gasteiger partial charge in [-0.25, -0.2) is 4.98 Å². The number of nitrogens with one attached hydrogen (secondary N) is 1. The molecule has 1 saturated carbocycles. The van der Waals surface area contributed by atoms with Gasteiger partial charge in [0.05, 0.1) is 0 Å². The summed E-state index contributed by atoms with van der Waals surface area (Å²) in [4.78, 5) is 3.99. The third kappa shape index (κ3) is 3.29. The molecule has 0 radical (unpaired) electrons. The molecule has 1 aliphatic carbocycles. The average Bonchev–Trinajstić information content (AvgIpc) is 2.29. The molecule has 1 fully saturated rings. The Morgan fingerprint density at radius 3 is 3.12 bits per heavy atom. The van der Waals surface area contributed by atoms with Crippen LogP contribution < -0.4 is 5.32 Å². The summed E-state index contributed by atoms with van der Waals surface area (Å²) in [7, 11) is 0. The van der Waals surface area contributed by atoms with Gasteiger partial charge in [-0.3, -0.25) is 0 Å². The molecular weight excluding hydrogens is 240 g/mol. The molecule has 0 spiro atoms. The van der Waals surface area contributed by atoms with Crippen LogP contribution in [0.1, 0.15) is 25.7 Å². The van der Waals surface area contributed by atoms with Crippen LogP contribution in [0.25, 0.3) is 0 Å². The molecule has 1 aliphatic rings. The van der Waals surface area contributed by atoms with Crippen LogP contribution in [0.5, 0.6) is 0 Å². The Balaban J connectivity index is 1.94. The van der Waals surface area contributed by atoms with E-state index >= 15 is 0 Å². The van der Waals surface area contributed by atoms with Gasteiger partial charge in [-0.05, 0) is 37.7 Å². The van der Waals surface area contributed by atoms with Gasteiger partial charge in [-0.1, -0.05) is 18.0 Å². The number of anilines is 1. The lowest BCUT2D eigenvalue weighted by molar-refractivity contribution is 0.473. The van der Waals surface area contributed by atoms with Crippen molar-refractivity contribution >= 4 is 29.1 Å². The lowest BCUT2D eigenvalue weighted by Gasteiger charge is -2.29. The summed E-state index contributed by atoms with van der Waals surface area (Å²) >= 11 is 7.85. The van der Waals surface area contributed by atoms with E-state index in [2.05, 4.69) is 16.6 Å². The quantitative estimate of drug-likeness (QED) is 0.833. The molecule has 2 nitrogen and oxygen atoms in total. The van der Waals surface area contributed by atoms with E-state index in [0.29, 0.717) is 11.2 Å². The van der Waals surface area contributed by atoms with E-state index in [1.807, 2.05) is 23.9 Å². The molecule has 1 heterocycles. The second-order valence-electron chi connectivity index (χ2n) is 4.23. The van der Waals surface area contributed by atoms with E-state index in [4.69, 9.17) is 11.6 Å². The molecule has 0 aliphatic heterocycles. The van der Waals surface area contributed by atoms with E-state index < -0.39 is 0 Å². The lowest BCUT2D eigenvalue weighted by atomic mass is 9.95. The highest BCUT2D eigenvalue weighted by Crippen LogP contribution is 2.29.